The van der Waals surface area contributed by atoms with Crippen molar-refractivity contribution in [2.24, 2.45) is 0 Å². The van der Waals surface area contributed by atoms with Gasteiger partial charge in [0, 0.05) is 13.3 Å². The predicted molar refractivity (Wildman–Crippen MR) is 207 cm³/mol. The molecule has 5 saturated heterocycles. The Hall–Kier alpha value is -2.59. The molecule has 5 aliphatic rings. The first kappa shape index (κ1) is 56.3. The van der Waals surface area contributed by atoms with Crippen LogP contribution in [0.2, 0.25) is 0 Å². The summed E-state index contributed by atoms with van der Waals surface area (Å²) in [5.41, 5.74) is 0. The van der Waals surface area contributed by atoms with E-state index in [-0.39, 0.29) is 0 Å². The average Bonchev–Trinajstić information content (AvgIpc) is 3.30. The van der Waals surface area contributed by atoms with Crippen LogP contribution >= 0.6 is 0 Å². The summed E-state index contributed by atoms with van der Waals surface area (Å²) in [7, 11) is 0. The Morgan fingerprint density at radius 2 is 1.19 bits per heavy atom. The predicted octanol–water partition coefficient (Wildman–Crippen LogP) is -12.4. The lowest BCUT2D eigenvalue weighted by Gasteiger charge is -2.52. The summed E-state index contributed by atoms with van der Waals surface area (Å²) in [6.07, 6.45) is -47.5. The minimum absolute atomic E-state index is 0.898. The molecule has 0 spiro atoms. The quantitative estimate of drug-likeness (QED) is 0.0606. The molecular formula is C37H62N2O29. The second kappa shape index (κ2) is 23.8. The highest BCUT2D eigenvalue weighted by Gasteiger charge is 2.61. The summed E-state index contributed by atoms with van der Waals surface area (Å²) in [6.45, 7) is -3.30. The first-order valence-corrected chi connectivity index (χ1v) is 21.3. The van der Waals surface area contributed by atoms with E-state index in [0.717, 1.165) is 6.92 Å². The Balaban J connectivity index is 1.54. The molecule has 0 bridgehead atoms. The van der Waals surface area contributed by atoms with Gasteiger partial charge in [0.1, 0.15) is 116 Å². The van der Waals surface area contributed by atoms with Crippen molar-refractivity contribution in [3.63, 3.8) is 0 Å². The number of amides is 2. The van der Waals surface area contributed by atoms with E-state index in [0.29, 0.717) is 0 Å². The number of hydrogen-bond donors (Lipinski definition) is 19. The molecule has 0 aliphatic carbocycles. The van der Waals surface area contributed by atoms with Crippen molar-refractivity contribution in [1.82, 2.24) is 10.6 Å². The number of aliphatic carboxylic acids is 1. The minimum Gasteiger partial charge on any atom is -0.477 e. The molecule has 0 unspecified atom stereocenters. The number of rotatable bonds is 18. The third kappa shape index (κ3) is 11.8. The Bertz CT molecular complexity index is 1660. The van der Waals surface area contributed by atoms with Crippen LogP contribution in [-0.2, 0) is 57.0 Å². The van der Waals surface area contributed by atoms with E-state index < -0.39 is 216 Å². The number of carboxylic acids is 1. The SMILES string of the molecule is CC(=O)N[C@H]1[C@H](O[C@@H]2[C@@H](O)[C@H](O)O[C@H](CO)[C@@H]2O)O[C@H](CO)[C@@H](O[C@@H]2O[C@H](CO)[C@H](O)[C@H](O[C@]3(C(=O)O)C[C@H](O)[C@@H](NC(=O)CO)[C@H]([C@H](O)[C@H](O)CO)O3)[C@H]2O)[C@@H]1O[C@@H]1O[C@@H](C)[C@@H](O)[C@@H](O)[C@@H]1O. The summed E-state index contributed by atoms with van der Waals surface area (Å²) in [5.74, 6) is -7.45. The van der Waals surface area contributed by atoms with Gasteiger partial charge in [-0.25, -0.2) is 4.79 Å². The zero-order chi connectivity index (χ0) is 50.7. The zero-order valence-corrected chi connectivity index (χ0v) is 36.2. The van der Waals surface area contributed by atoms with Gasteiger partial charge in [-0.2, -0.15) is 0 Å². The van der Waals surface area contributed by atoms with Gasteiger partial charge in [-0.05, 0) is 6.92 Å². The molecule has 2 amide bonds. The molecule has 19 N–H and O–H groups in total. The Kier molecular flexibility index (Phi) is 19.7. The van der Waals surface area contributed by atoms with Crippen molar-refractivity contribution in [2.75, 3.05) is 33.0 Å². The molecule has 31 heteroatoms. The lowest BCUT2D eigenvalue weighted by molar-refractivity contribution is -0.396. The second-order valence-electron chi connectivity index (χ2n) is 16.9. The standard InChI is InChI=1S/C37H62N2O29/c1-9-19(49)23(53)24(54)34(60-9)65-29-18(38-10(2)45)33(66-30-21(51)13(5-41)61-32(57)25(30)55)63-15(7-43)27(29)64-35-26(56)31(22(52)14(6-42)62-35)68-37(36(58)59)3-11(46)17(39-16(48)8-44)28(67-37)20(50)12(47)4-40/h9,11-15,17-35,40-44,46-47,49-57H,3-8H2,1-2H3,(H,38,45)(H,39,48)(H,58,59)/t9-,11-,12+,13+,14+,15+,17+,18+,19+,20+,21-,22-,23+,24-,25+,26+,27+,28+,29+,30-,31-,32+,33-,34-,35-,37-/m0/s1. The Morgan fingerprint density at radius 3 is 1.76 bits per heavy atom. The van der Waals surface area contributed by atoms with Gasteiger partial charge in [-0.15, -0.1) is 0 Å². The normalized spacial score (nSPS) is 46.6. The Labute approximate surface area is 384 Å². The lowest BCUT2D eigenvalue weighted by atomic mass is 9.88. The first-order valence-electron chi connectivity index (χ1n) is 21.3. The van der Waals surface area contributed by atoms with Gasteiger partial charge in [0.15, 0.2) is 25.2 Å². The third-order valence-corrected chi connectivity index (χ3v) is 12.2. The minimum atomic E-state index is -3.26. The highest BCUT2D eigenvalue weighted by atomic mass is 16.8. The van der Waals surface area contributed by atoms with Crippen LogP contribution in [0, 0.1) is 0 Å². The lowest BCUT2D eigenvalue weighted by Crippen LogP contribution is -2.72. The molecule has 5 heterocycles. The highest BCUT2D eigenvalue weighted by molar-refractivity contribution is 5.78. The topological polar surface area (TPSA) is 502 Å². The van der Waals surface area contributed by atoms with Gasteiger partial charge in [0.25, 0.3) is 5.79 Å². The highest BCUT2D eigenvalue weighted by Crippen LogP contribution is 2.40. The monoisotopic (exact) mass is 998 g/mol. The number of nitrogens with one attached hydrogen (secondary N) is 2. The molecule has 0 saturated carbocycles. The number of aliphatic hydroxyl groups excluding tert-OH is 16. The summed E-state index contributed by atoms with van der Waals surface area (Å²) in [4.78, 5) is 38.0. The zero-order valence-electron chi connectivity index (χ0n) is 36.2. The van der Waals surface area contributed by atoms with Crippen LogP contribution in [0.4, 0.5) is 0 Å². The number of hydrogen-bond acceptors (Lipinski definition) is 28. The fraction of sp³-hybridized carbons (Fsp3) is 0.919. The summed E-state index contributed by atoms with van der Waals surface area (Å²) < 4.78 is 51.6. The van der Waals surface area contributed by atoms with Crippen LogP contribution in [0.5, 0.6) is 0 Å². The van der Waals surface area contributed by atoms with Crippen LogP contribution in [0.25, 0.3) is 0 Å². The van der Waals surface area contributed by atoms with Gasteiger partial charge < -0.3 is 140 Å². The molecule has 31 nitrogen and oxygen atoms in total. The van der Waals surface area contributed by atoms with Crippen LogP contribution in [0.3, 0.4) is 0 Å². The van der Waals surface area contributed by atoms with E-state index in [4.69, 9.17) is 42.6 Å². The molecule has 26 atom stereocenters. The van der Waals surface area contributed by atoms with Crippen molar-refractivity contribution < 1.29 is 144 Å². The molecule has 0 aromatic carbocycles. The van der Waals surface area contributed by atoms with E-state index in [2.05, 4.69) is 10.6 Å². The van der Waals surface area contributed by atoms with Gasteiger partial charge in [0.2, 0.25) is 11.8 Å². The number of ether oxygens (including phenoxy) is 9. The Morgan fingerprint density at radius 1 is 0.632 bits per heavy atom. The maximum atomic E-state index is 13.1. The van der Waals surface area contributed by atoms with E-state index in [1.54, 1.807) is 0 Å². The van der Waals surface area contributed by atoms with Crippen molar-refractivity contribution in [3.8, 4) is 0 Å². The van der Waals surface area contributed by atoms with Crippen molar-refractivity contribution >= 4 is 17.8 Å². The number of carboxylic acid groups (broad SMARTS) is 1. The second-order valence-corrected chi connectivity index (χ2v) is 16.9. The fourth-order valence-electron chi connectivity index (χ4n) is 8.47. The van der Waals surface area contributed by atoms with Gasteiger partial charge in [-0.3, -0.25) is 9.59 Å². The van der Waals surface area contributed by atoms with Crippen LogP contribution in [0.1, 0.15) is 20.3 Å². The van der Waals surface area contributed by atoms with Crippen molar-refractivity contribution in [1.29, 1.82) is 0 Å². The summed E-state index contributed by atoms with van der Waals surface area (Å²) in [6, 6.07) is -3.65. The number of aliphatic hydroxyl groups is 16. The molecule has 0 aromatic rings. The fourth-order valence-corrected chi connectivity index (χ4v) is 8.47. The molecule has 5 aliphatic heterocycles. The number of carbonyl (C=O) groups excluding carboxylic acids is 2. The van der Waals surface area contributed by atoms with Crippen molar-refractivity contribution in [3.05, 3.63) is 0 Å². The smallest absolute Gasteiger partial charge is 0.364 e. The van der Waals surface area contributed by atoms with E-state index >= 15 is 0 Å². The van der Waals surface area contributed by atoms with Crippen LogP contribution < -0.4 is 10.6 Å². The maximum absolute atomic E-state index is 13.1. The first-order chi connectivity index (χ1) is 32.0. The molecule has 5 rings (SSSR count). The molecule has 5 fully saturated rings. The van der Waals surface area contributed by atoms with Crippen LogP contribution in [0.15, 0.2) is 0 Å². The third-order valence-electron chi connectivity index (χ3n) is 12.2. The summed E-state index contributed by atoms with van der Waals surface area (Å²) >= 11 is 0. The largest absolute Gasteiger partial charge is 0.477 e. The molecule has 0 aromatic heterocycles. The summed E-state index contributed by atoms with van der Waals surface area (Å²) in [5, 5.41) is 184. The molecular weight excluding hydrogens is 936 g/mol. The van der Waals surface area contributed by atoms with Gasteiger partial charge in [0.05, 0.1) is 44.7 Å². The number of carbonyl (C=O) groups is 3. The van der Waals surface area contributed by atoms with E-state index in [1.807, 2.05) is 0 Å². The van der Waals surface area contributed by atoms with Crippen LogP contribution in [-0.4, -0.2) is 297 Å². The molecule has 68 heavy (non-hydrogen) atoms. The average molecular weight is 999 g/mol. The van der Waals surface area contributed by atoms with Gasteiger partial charge >= 0.3 is 5.97 Å². The molecule has 0 radical (unpaired) electrons. The molecule has 394 valence electrons. The van der Waals surface area contributed by atoms with E-state index in [9.17, 15) is 101 Å². The van der Waals surface area contributed by atoms with Gasteiger partial charge in [-0.1, -0.05) is 0 Å². The van der Waals surface area contributed by atoms with Crippen molar-refractivity contribution in [2.45, 2.75) is 179 Å². The maximum Gasteiger partial charge on any atom is 0.364 e. The van der Waals surface area contributed by atoms with E-state index in [1.165, 1.54) is 6.92 Å².